The van der Waals surface area contributed by atoms with Gasteiger partial charge in [0.2, 0.25) is 0 Å². The summed E-state index contributed by atoms with van der Waals surface area (Å²) in [7, 11) is 3.04. The van der Waals surface area contributed by atoms with Crippen molar-refractivity contribution in [1.29, 1.82) is 0 Å². The quantitative estimate of drug-likeness (QED) is 0.637. The highest BCUT2D eigenvalue weighted by Crippen LogP contribution is 2.41. The van der Waals surface area contributed by atoms with Gasteiger partial charge >= 0.3 is 5.71 Å². The highest BCUT2D eigenvalue weighted by Gasteiger charge is 2.44. The van der Waals surface area contributed by atoms with E-state index in [9.17, 15) is 10.4 Å². The molecular weight excluding hydrogens is 260 g/mol. The molecule has 6 heteroatoms. The number of anilines is 1. The van der Waals surface area contributed by atoms with Gasteiger partial charge in [0, 0.05) is 10.8 Å². The molecule has 0 bridgehead atoms. The van der Waals surface area contributed by atoms with Crippen LogP contribution in [0.2, 0.25) is 0 Å². The van der Waals surface area contributed by atoms with Crippen molar-refractivity contribution in [2.45, 2.75) is 6.04 Å². The number of hydroxylamine groups is 1. The fourth-order valence-electron chi connectivity index (χ4n) is 2.52. The van der Waals surface area contributed by atoms with Crippen molar-refractivity contribution in [3.05, 3.63) is 42.2 Å². The zero-order valence-corrected chi connectivity index (χ0v) is 11.1. The normalized spacial score (nSPS) is 20.2. The lowest BCUT2D eigenvalue weighted by molar-refractivity contribution is -0.714. The Morgan fingerprint density at radius 1 is 1.25 bits per heavy atom. The molecule has 0 radical (unpaired) electrons. The van der Waals surface area contributed by atoms with Gasteiger partial charge in [-0.05, 0) is 18.2 Å². The van der Waals surface area contributed by atoms with Crippen molar-refractivity contribution in [2.75, 3.05) is 19.3 Å². The Morgan fingerprint density at radius 2 is 2.05 bits per heavy atom. The molecule has 1 aromatic carbocycles. The average Bonchev–Trinajstić information content (AvgIpc) is 2.50. The molecule has 2 N–H and O–H groups in total. The molecule has 0 amide bonds. The van der Waals surface area contributed by atoms with Crippen molar-refractivity contribution in [1.82, 2.24) is 0 Å². The van der Waals surface area contributed by atoms with Gasteiger partial charge in [-0.3, -0.25) is 10.4 Å². The minimum Gasteiger partial charge on any atom is -0.494 e. The van der Waals surface area contributed by atoms with E-state index in [0.29, 0.717) is 28.6 Å². The van der Waals surface area contributed by atoms with Crippen LogP contribution in [0, 0.1) is 0 Å². The molecule has 1 aromatic rings. The molecule has 0 aromatic heterocycles. The smallest absolute Gasteiger partial charge is 0.305 e. The SMILES string of the molecule is COC1=CC=CC2C1=[N+](O)c1cccc(OC)c1N2O. The first kappa shape index (κ1) is 12.6. The molecule has 2 aliphatic rings. The van der Waals surface area contributed by atoms with Gasteiger partial charge in [0.25, 0.3) is 5.69 Å². The van der Waals surface area contributed by atoms with Gasteiger partial charge in [-0.2, -0.15) is 0 Å². The van der Waals surface area contributed by atoms with Gasteiger partial charge in [-0.25, -0.2) is 5.06 Å². The van der Waals surface area contributed by atoms with Gasteiger partial charge in [0.05, 0.1) is 14.2 Å². The number of hydrogen-bond acceptors (Lipinski definition) is 5. The maximum Gasteiger partial charge on any atom is 0.305 e. The third-order valence-corrected chi connectivity index (χ3v) is 3.44. The molecule has 6 nitrogen and oxygen atoms in total. The zero-order valence-electron chi connectivity index (χ0n) is 11.1. The maximum atomic E-state index is 10.5. The average molecular weight is 275 g/mol. The van der Waals surface area contributed by atoms with Gasteiger partial charge in [-0.15, -0.1) is 0 Å². The summed E-state index contributed by atoms with van der Waals surface area (Å²) < 4.78 is 11.5. The van der Waals surface area contributed by atoms with Gasteiger partial charge in [-0.1, -0.05) is 12.1 Å². The van der Waals surface area contributed by atoms with E-state index >= 15 is 0 Å². The summed E-state index contributed by atoms with van der Waals surface area (Å²) in [6.45, 7) is 0. The number of methoxy groups -OCH3 is 2. The highest BCUT2D eigenvalue weighted by atomic mass is 16.5. The summed E-state index contributed by atoms with van der Waals surface area (Å²) in [4.78, 5) is 0. The van der Waals surface area contributed by atoms with Crippen LogP contribution in [0.15, 0.2) is 42.2 Å². The topological polar surface area (TPSA) is 65.2 Å². The van der Waals surface area contributed by atoms with E-state index in [1.807, 2.05) is 0 Å². The van der Waals surface area contributed by atoms with E-state index in [0.717, 1.165) is 9.80 Å². The summed E-state index contributed by atoms with van der Waals surface area (Å²) >= 11 is 0. The molecule has 0 saturated heterocycles. The lowest BCUT2D eigenvalue weighted by Gasteiger charge is -2.30. The number of allylic oxidation sites excluding steroid dienone is 2. The van der Waals surface area contributed by atoms with Crippen LogP contribution in [-0.4, -0.2) is 41.1 Å². The predicted molar refractivity (Wildman–Crippen MR) is 72.0 cm³/mol. The van der Waals surface area contributed by atoms with Crippen molar-refractivity contribution in [2.24, 2.45) is 0 Å². The number of nitrogens with zero attached hydrogens (tertiary/aromatic N) is 2. The van der Waals surface area contributed by atoms with Gasteiger partial charge < -0.3 is 9.47 Å². The van der Waals surface area contributed by atoms with E-state index in [-0.39, 0.29) is 0 Å². The predicted octanol–water partition coefficient (Wildman–Crippen LogP) is 1.85. The third-order valence-electron chi connectivity index (χ3n) is 3.44. The van der Waals surface area contributed by atoms with Crippen LogP contribution in [0.3, 0.4) is 0 Å². The summed E-state index contributed by atoms with van der Waals surface area (Å²) in [5.41, 5.74) is 1.29. The second-order valence-electron chi connectivity index (χ2n) is 4.43. The van der Waals surface area contributed by atoms with Crippen LogP contribution < -0.4 is 9.80 Å². The minimum atomic E-state index is -0.538. The lowest BCUT2D eigenvalue weighted by Crippen LogP contribution is -2.46. The number of benzene rings is 1. The van der Waals surface area contributed by atoms with Crippen LogP contribution in [0.25, 0.3) is 0 Å². The summed E-state index contributed by atoms with van der Waals surface area (Å²) in [5, 5.41) is 22.0. The Labute approximate surface area is 116 Å². The Kier molecular flexibility index (Phi) is 2.87. The van der Waals surface area contributed by atoms with E-state index in [1.54, 1.807) is 36.4 Å². The molecular formula is C14H15N2O4+. The molecule has 0 fully saturated rings. The number of rotatable bonds is 2. The third kappa shape index (κ3) is 1.58. The zero-order chi connectivity index (χ0) is 14.3. The second kappa shape index (κ2) is 4.57. The van der Waals surface area contributed by atoms with Crippen LogP contribution in [0.5, 0.6) is 5.75 Å². The van der Waals surface area contributed by atoms with E-state index in [2.05, 4.69) is 0 Å². The molecule has 20 heavy (non-hydrogen) atoms. The minimum absolute atomic E-state index is 0.410. The van der Waals surface area contributed by atoms with Crippen LogP contribution >= 0.6 is 0 Å². The first-order chi connectivity index (χ1) is 9.69. The molecule has 1 unspecified atom stereocenters. The molecule has 1 aliphatic carbocycles. The summed E-state index contributed by atoms with van der Waals surface area (Å²) in [6, 6.07) is 4.62. The molecule has 1 atom stereocenters. The number of ether oxygens (including phenoxy) is 2. The molecule has 1 aliphatic heterocycles. The van der Waals surface area contributed by atoms with Crippen molar-refractivity contribution in [3.8, 4) is 5.75 Å². The Bertz CT molecular complexity index is 649. The van der Waals surface area contributed by atoms with Crippen LogP contribution in [0.4, 0.5) is 11.4 Å². The number of para-hydroxylation sites is 1. The monoisotopic (exact) mass is 275 g/mol. The Hall–Kier alpha value is -2.47. The number of hydrogen-bond donors (Lipinski definition) is 2. The van der Waals surface area contributed by atoms with Crippen molar-refractivity contribution in [3.63, 3.8) is 0 Å². The molecule has 0 saturated carbocycles. The highest BCUT2D eigenvalue weighted by molar-refractivity contribution is 6.05. The fraction of sp³-hybridized carbons (Fsp3) is 0.214. The van der Waals surface area contributed by atoms with E-state index < -0.39 is 6.04 Å². The summed E-state index contributed by atoms with van der Waals surface area (Å²) in [6.07, 6.45) is 5.26. The standard InChI is InChI=1S/C14H15N2O4/c1-19-11-7-3-5-9-13(11)15(17)10-6-4-8-12(20-2)14(10)16(9)18/h3-9,17-18H,1-2H3/q+1. The summed E-state index contributed by atoms with van der Waals surface area (Å²) in [5.74, 6) is 0.970. The van der Waals surface area contributed by atoms with Gasteiger partial charge in [0.1, 0.15) is 0 Å². The van der Waals surface area contributed by atoms with Crippen LogP contribution in [0.1, 0.15) is 0 Å². The van der Waals surface area contributed by atoms with Crippen molar-refractivity contribution < 1.29 is 24.6 Å². The lowest BCUT2D eigenvalue weighted by atomic mass is 10.0. The molecule has 0 spiro atoms. The largest absolute Gasteiger partial charge is 0.494 e. The Balaban J connectivity index is 2.27. The molecule has 1 heterocycles. The number of fused-ring (bicyclic) bond motifs is 2. The maximum absolute atomic E-state index is 10.5. The van der Waals surface area contributed by atoms with Crippen LogP contribution in [-0.2, 0) is 4.74 Å². The molecule has 3 rings (SSSR count). The molecule has 104 valence electrons. The fourth-order valence-corrected chi connectivity index (χ4v) is 2.52. The second-order valence-corrected chi connectivity index (χ2v) is 4.43. The first-order valence-electron chi connectivity index (χ1n) is 6.13. The van der Waals surface area contributed by atoms with E-state index in [1.165, 1.54) is 14.2 Å². The van der Waals surface area contributed by atoms with Gasteiger partial charge in [0.15, 0.2) is 23.2 Å². The first-order valence-corrected chi connectivity index (χ1v) is 6.13. The van der Waals surface area contributed by atoms with Crippen molar-refractivity contribution >= 4 is 17.1 Å². The Morgan fingerprint density at radius 3 is 2.75 bits per heavy atom. The van der Waals surface area contributed by atoms with E-state index in [4.69, 9.17) is 9.47 Å².